The molecule has 0 radical (unpaired) electrons. The Morgan fingerprint density at radius 2 is 1.89 bits per heavy atom. The maximum Gasteiger partial charge on any atom is 0.134 e. The van der Waals surface area contributed by atoms with Gasteiger partial charge in [0, 0.05) is 5.39 Å². The van der Waals surface area contributed by atoms with Crippen molar-refractivity contribution in [3.8, 4) is 0 Å². The lowest BCUT2D eigenvalue weighted by Gasteiger charge is -2.03. The summed E-state index contributed by atoms with van der Waals surface area (Å²) >= 11 is 0. The molecule has 0 aliphatic carbocycles. The standard InChI is InChI=1S/C15H22N2O/c1-16-9-4-5-10-17-11-8-13-12-18-15-7-3-2-6-14(13)15/h2-3,6-7,12,16-17H,4-5,8-11H2,1H3. The summed E-state index contributed by atoms with van der Waals surface area (Å²) < 4.78 is 5.52. The number of hydrogen-bond donors (Lipinski definition) is 2. The zero-order valence-electron chi connectivity index (χ0n) is 11.0. The first-order valence-electron chi connectivity index (χ1n) is 6.72. The fourth-order valence-electron chi connectivity index (χ4n) is 2.13. The molecule has 0 amide bonds. The van der Waals surface area contributed by atoms with E-state index in [0.29, 0.717) is 0 Å². The molecule has 0 saturated heterocycles. The van der Waals surface area contributed by atoms with Crippen molar-refractivity contribution in [1.82, 2.24) is 10.6 Å². The Hall–Kier alpha value is -1.32. The van der Waals surface area contributed by atoms with Crippen molar-refractivity contribution in [2.24, 2.45) is 0 Å². The van der Waals surface area contributed by atoms with E-state index in [2.05, 4.69) is 22.8 Å². The minimum absolute atomic E-state index is 0.988. The molecule has 2 N–H and O–H groups in total. The molecule has 2 rings (SSSR count). The molecule has 1 aromatic carbocycles. The molecule has 0 spiro atoms. The van der Waals surface area contributed by atoms with Crippen molar-refractivity contribution < 1.29 is 4.42 Å². The quantitative estimate of drug-likeness (QED) is 0.703. The molecule has 0 atom stereocenters. The molecule has 0 aliphatic heterocycles. The Morgan fingerprint density at radius 3 is 2.78 bits per heavy atom. The Morgan fingerprint density at radius 1 is 1.06 bits per heavy atom. The van der Waals surface area contributed by atoms with Gasteiger partial charge in [0.25, 0.3) is 0 Å². The highest BCUT2D eigenvalue weighted by Gasteiger charge is 2.03. The zero-order valence-corrected chi connectivity index (χ0v) is 11.0. The van der Waals surface area contributed by atoms with Gasteiger partial charge in [-0.2, -0.15) is 0 Å². The van der Waals surface area contributed by atoms with Gasteiger partial charge in [-0.1, -0.05) is 18.2 Å². The van der Waals surface area contributed by atoms with Crippen LogP contribution in [0.5, 0.6) is 0 Å². The van der Waals surface area contributed by atoms with Crippen LogP contribution >= 0.6 is 0 Å². The van der Waals surface area contributed by atoms with Gasteiger partial charge in [-0.3, -0.25) is 0 Å². The molecule has 3 heteroatoms. The van der Waals surface area contributed by atoms with E-state index in [4.69, 9.17) is 4.42 Å². The van der Waals surface area contributed by atoms with Crippen molar-refractivity contribution in [3.63, 3.8) is 0 Å². The summed E-state index contributed by atoms with van der Waals surface area (Å²) in [5.74, 6) is 0. The Bertz CT molecular complexity index is 464. The monoisotopic (exact) mass is 246 g/mol. The molecular formula is C15H22N2O. The fraction of sp³-hybridized carbons (Fsp3) is 0.467. The van der Waals surface area contributed by atoms with Gasteiger partial charge in [0.15, 0.2) is 0 Å². The van der Waals surface area contributed by atoms with Crippen molar-refractivity contribution in [3.05, 3.63) is 36.1 Å². The highest BCUT2D eigenvalue weighted by molar-refractivity contribution is 5.80. The average Bonchev–Trinajstić information content (AvgIpc) is 2.81. The Kier molecular flexibility index (Phi) is 5.24. The van der Waals surface area contributed by atoms with Crippen LogP contribution in [0.2, 0.25) is 0 Å². The van der Waals surface area contributed by atoms with Gasteiger partial charge in [-0.25, -0.2) is 0 Å². The predicted octanol–water partition coefficient (Wildman–Crippen LogP) is 2.56. The van der Waals surface area contributed by atoms with E-state index in [1.807, 2.05) is 25.4 Å². The molecule has 1 aromatic heterocycles. The molecule has 0 bridgehead atoms. The number of para-hydroxylation sites is 1. The van der Waals surface area contributed by atoms with E-state index >= 15 is 0 Å². The molecule has 98 valence electrons. The van der Waals surface area contributed by atoms with Gasteiger partial charge >= 0.3 is 0 Å². The maximum absolute atomic E-state index is 5.52. The van der Waals surface area contributed by atoms with Crippen molar-refractivity contribution in [1.29, 1.82) is 0 Å². The SMILES string of the molecule is CNCCCCNCCc1coc2ccccc12. The molecular weight excluding hydrogens is 224 g/mol. The third-order valence-electron chi connectivity index (χ3n) is 3.16. The van der Waals surface area contributed by atoms with Crippen LogP contribution in [0, 0.1) is 0 Å². The van der Waals surface area contributed by atoms with Crippen LogP contribution in [0.1, 0.15) is 18.4 Å². The number of benzene rings is 1. The summed E-state index contributed by atoms with van der Waals surface area (Å²) in [5, 5.41) is 7.88. The zero-order chi connectivity index (χ0) is 12.6. The van der Waals surface area contributed by atoms with E-state index < -0.39 is 0 Å². The minimum atomic E-state index is 0.988. The van der Waals surface area contributed by atoms with Gasteiger partial charge < -0.3 is 15.1 Å². The molecule has 0 unspecified atom stereocenters. The summed E-state index contributed by atoms with van der Waals surface area (Å²) in [4.78, 5) is 0. The van der Waals surface area contributed by atoms with Crippen LogP contribution in [-0.4, -0.2) is 26.7 Å². The summed E-state index contributed by atoms with van der Waals surface area (Å²) in [5.41, 5.74) is 2.29. The number of rotatable bonds is 8. The van der Waals surface area contributed by atoms with Crippen LogP contribution < -0.4 is 10.6 Å². The summed E-state index contributed by atoms with van der Waals surface area (Å²) in [7, 11) is 2.00. The molecule has 0 fully saturated rings. The lowest BCUT2D eigenvalue weighted by molar-refractivity contribution is 0.594. The third kappa shape index (κ3) is 3.59. The first kappa shape index (κ1) is 13.1. The summed E-state index contributed by atoms with van der Waals surface area (Å²) in [6.07, 6.45) is 5.38. The van der Waals surface area contributed by atoms with Crippen LogP contribution in [-0.2, 0) is 6.42 Å². The van der Waals surface area contributed by atoms with Gasteiger partial charge in [0.1, 0.15) is 5.58 Å². The largest absolute Gasteiger partial charge is 0.464 e. The van der Waals surface area contributed by atoms with E-state index in [-0.39, 0.29) is 0 Å². The Balaban J connectivity index is 1.70. The van der Waals surface area contributed by atoms with E-state index in [1.165, 1.54) is 23.8 Å². The normalized spacial score (nSPS) is 11.2. The third-order valence-corrected chi connectivity index (χ3v) is 3.16. The molecule has 2 aromatic rings. The molecule has 0 aliphatic rings. The first-order chi connectivity index (χ1) is 8.92. The van der Waals surface area contributed by atoms with Crippen LogP contribution in [0.15, 0.2) is 34.9 Å². The topological polar surface area (TPSA) is 37.2 Å². The van der Waals surface area contributed by atoms with Crippen LogP contribution in [0.25, 0.3) is 11.0 Å². The molecule has 18 heavy (non-hydrogen) atoms. The highest BCUT2D eigenvalue weighted by Crippen LogP contribution is 2.20. The molecule has 0 saturated carbocycles. The summed E-state index contributed by atoms with van der Waals surface area (Å²) in [6.45, 7) is 3.22. The number of fused-ring (bicyclic) bond motifs is 1. The van der Waals surface area contributed by atoms with Gasteiger partial charge in [0.05, 0.1) is 6.26 Å². The lowest BCUT2D eigenvalue weighted by atomic mass is 10.1. The van der Waals surface area contributed by atoms with Gasteiger partial charge in [-0.15, -0.1) is 0 Å². The van der Waals surface area contributed by atoms with Crippen molar-refractivity contribution in [2.75, 3.05) is 26.7 Å². The number of unbranched alkanes of at least 4 members (excludes halogenated alkanes) is 1. The smallest absolute Gasteiger partial charge is 0.134 e. The Labute approximate surface area is 109 Å². The van der Waals surface area contributed by atoms with Crippen LogP contribution in [0.3, 0.4) is 0 Å². The molecule has 3 nitrogen and oxygen atoms in total. The number of nitrogens with one attached hydrogen (secondary N) is 2. The van der Waals surface area contributed by atoms with Crippen molar-refractivity contribution >= 4 is 11.0 Å². The van der Waals surface area contributed by atoms with E-state index in [9.17, 15) is 0 Å². The first-order valence-corrected chi connectivity index (χ1v) is 6.72. The highest BCUT2D eigenvalue weighted by atomic mass is 16.3. The van der Waals surface area contributed by atoms with Gasteiger partial charge in [-0.05, 0) is 57.6 Å². The minimum Gasteiger partial charge on any atom is -0.464 e. The van der Waals surface area contributed by atoms with E-state index in [0.717, 1.165) is 31.6 Å². The van der Waals surface area contributed by atoms with Gasteiger partial charge in [0.2, 0.25) is 0 Å². The van der Waals surface area contributed by atoms with Crippen LogP contribution in [0.4, 0.5) is 0 Å². The lowest BCUT2D eigenvalue weighted by Crippen LogP contribution is -2.19. The predicted molar refractivity (Wildman–Crippen MR) is 75.9 cm³/mol. The molecule has 1 heterocycles. The summed E-state index contributed by atoms with van der Waals surface area (Å²) in [6, 6.07) is 8.22. The second-order valence-electron chi connectivity index (χ2n) is 4.57. The fourth-order valence-corrected chi connectivity index (χ4v) is 2.13. The van der Waals surface area contributed by atoms with Crippen molar-refractivity contribution in [2.45, 2.75) is 19.3 Å². The number of furan rings is 1. The number of hydrogen-bond acceptors (Lipinski definition) is 3. The second-order valence-corrected chi connectivity index (χ2v) is 4.57. The second kappa shape index (κ2) is 7.19. The average molecular weight is 246 g/mol. The van der Waals surface area contributed by atoms with E-state index in [1.54, 1.807) is 0 Å². The maximum atomic E-state index is 5.52.